The van der Waals surface area contributed by atoms with Crippen molar-refractivity contribution in [2.45, 2.75) is 32.1 Å². The van der Waals surface area contributed by atoms with Gasteiger partial charge in [-0.25, -0.2) is 0 Å². The van der Waals surface area contributed by atoms with Gasteiger partial charge in [0, 0.05) is 46.1 Å². The fourth-order valence-corrected chi connectivity index (χ4v) is 3.45. The van der Waals surface area contributed by atoms with Gasteiger partial charge in [-0.3, -0.25) is 4.79 Å². The molecule has 1 amide bonds. The van der Waals surface area contributed by atoms with Crippen molar-refractivity contribution in [3.63, 3.8) is 0 Å². The first-order valence-corrected chi connectivity index (χ1v) is 7.71. The minimum absolute atomic E-state index is 0.202. The van der Waals surface area contributed by atoms with Gasteiger partial charge >= 0.3 is 0 Å². The molecule has 0 aromatic heterocycles. The van der Waals surface area contributed by atoms with Crippen molar-refractivity contribution in [1.82, 2.24) is 9.80 Å². The minimum Gasteiger partial charge on any atom is -0.393 e. The Hall–Kier alpha value is -0.680. The Kier molecular flexibility index (Phi) is 5.16. The van der Waals surface area contributed by atoms with Crippen LogP contribution in [-0.4, -0.2) is 53.9 Å². The van der Waals surface area contributed by atoms with Crippen LogP contribution in [0.4, 0.5) is 0 Å². The third-order valence-corrected chi connectivity index (χ3v) is 4.77. The van der Waals surface area contributed by atoms with Gasteiger partial charge in [-0.05, 0) is 24.7 Å². The Bertz CT molecular complexity index is 336. The summed E-state index contributed by atoms with van der Waals surface area (Å²) < 4.78 is 0. The molecule has 108 valence electrons. The molecule has 2 fully saturated rings. The Morgan fingerprint density at radius 2 is 1.95 bits per heavy atom. The second-order valence-electron chi connectivity index (χ2n) is 5.99. The number of rotatable bonds is 6. The molecule has 1 aliphatic carbocycles. The lowest BCUT2D eigenvalue weighted by molar-refractivity contribution is -0.130. The van der Waals surface area contributed by atoms with Crippen molar-refractivity contribution in [3.8, 4) is 0 Å². The van der Waals surface area contributed by atoms with Crippen LogP contribution in [0.1, 0.15) is 32.1 Å². The SMILES string of the molecule is CN(CCC(N)=S)C(=O)CCN1CC2CCCC2C1. The van der Waals surface area contributed by atoms with Gasteiger partial charge in [0.2, 0.25) is 5.91 Å². The van der Waals surface area contributed by atoms with Gasteiger partial charge in [-0.1, -0.05) is 18.6 Å². The summed E-state index contributed by atoms with van der Waals surface area (Å²) in [5, 5.41) is 0. The number of nitrogens with two attached hydrogens (primary N) is 1. The number of hydrogen-bond donors (Lipinski definition) is 1. The zero-order valence-electron chi connectivity index (χ0n) is 11.8. The smallest absolute Gasteiger partial charge is 0.223 e. The molecule has 4 nitrogen and oxygen atoms in total. The van der Waals surface area contributed by atoms with Crippen LogP contribution >= 0.6 is 12.2 Å². The van der Waals surface area contributed by atoms with E-state index in [1.165, 1.54) is 32.4 Å². The van der Waals surface area contributed by atoms with E-state index in [1.54, 1.807) is 4.90 Å². The first-order chi connectivity index (χ1) is 9.06. The van der Waals surface area contributed by atoms with Gasteiger partial charge in [0.1, 0.15) is 0 Å². The standard InChI is InChI=1S/C14H25N3OS/c1-16(7-5-13(15)19)14(18)6-8-17-9-11-3-2-4-12(11)10-17/h11-12H,2-10H2,1H3,(H2,15,19). The Balaban J connectivity index is 1.65. The van der Waals surface area contributed by atoms with E-state index < -0.39 is 0 Å². The average molecular weight is 283 g/mol. The van der Waals surface area contributed by atoms with Crippen molar-refractivity contribution < 1.29 is 4.79 Å². The lowest BCUT2D eigenvalue weighted by Gasteiger charge is -2.20. The summed E-state index contributed by atoms with van der Waals surface area (Å²) in [6.07, 6.45) is 5.43. The quantitative estimate of drug-likeness (QED) is 0.745. The molecule has 2 N–H and O–H groups in total. The van der Waals surface area contributed by atoms with Crippen LogP contribution in [0.2, 0.25) is 0 Å². The van der Waals surface area contributed by atoms with Crippen LogP contribution < -0.4 is 5.73 Å². The lowest BCUT2D eigenvalue weighted by Crippen LogP contribution is -2.33. The number of nitrogens with zero attached hydrogens (tertiary/aromatic N) is 2. The summed E-state index contributed by atoms with van der Waals surface area (Å²) in [5.74, 6) is 2.01. The van der Waals surface area contributed by atoms with Crippen LogP contribution in [0.15, 0.2) is 0 Å². The summed E-state index contributed by atoms with van der Waals surface area (Å²) in [5.41, 5.74) is 5.45. The molecule has 19 heavy (non-hydrogen) atoms. The first-order valence-electron chi connectivity index (χ1n) is 7.31. The number of thiocarbonyl (C=S) groups is 1. The van der Waals surface area contributed by atoms with E-state index >= 15 is 0 Å². The maximum atomic E-state index is 12.0. The van der Waals surface area contributed by atoms with Crippen LogP contribution in [0.25, 0.3) is 0 Å². The molecular formula is C14H25N3OS. The molecule has 2 atom stereocenters. The Morgan fingerprint density at radius 1 is 1.32 bits per heavy atom. The van der Waals surface area contributed by atoms with E-state index in [1.807, 2.05) is 7.05 Å². The highest BCUT2D eigenvalue weighted by atomic mass is 32.1. The highest BCUT2D eigenvalue weighted by molar-refractivity contribution is 7.80. The molecular weight excluding hydrogens is 258 g/mol. The zero-order valence-corrected chi connectivity index (χ0v) is 12.6. The van der Waals surface area contributed by atoms with Gasteiger partial charge < -0.3 is 15.5 Å². The zero-order chi connectivity index (χ0) is 13.8. The molecule has 2 rings (SSSR count). The van der Waals surface area contributed by atoms with E-state index in [2.05, 4.69) is 4.90 Å². The van der Waals surface area contributed by atoms with Crippen molar-refractivity contribution in [2.75, 3.05) is 33.2 Å². The number of fused-ring (bicyclic) bond motifs is 1. The van der Waals surface area contributed by atoms with E-state index in [9.17, 15) is 4.79 Å². The van der Waals surface area contributed by atoms with Crippen molar-refractivity contribution in [1.29, 1.82) is 0 Å². The van der Waals surface area contributed by atoms with Gasteiger partial charge in [0.05, 0.1) is 4.99 Å². The van der Waals surface area contributed by atoms with Crippen LogP contribution in [-0.2, 0) is 4.79 Å². The fraction of sp³-hybridized carbons (Fsp3) is 0.857. The summed E-state index contributed by atoms with van der Waals surface area (Å²) in [6, 6.07) is 0. The highest BCUT2D eigenvalue weighted by Gasteiger charge is 2.35. The summed E-state index contributed by atoms with van der Waals surface area (Å²) in [6.45, 7) is 3.95. The Labute approximate surface area is 121 Å². The lowest BCUT2D eigenvalue weighted by atomic mass is 10.0. The van der Waals surface area contributed by atoms with Gasteiger partial charge in [0.15, 0.2) is 0 Å². The molecule has 0 aromatic rings. The van der Waals surface area contributed by atoms with E-state index in [0.717, 1.165) is 18.4 Å². The largest absolute Gasteiger partial charge is 0.393 e. The number of carbonyl (C=O) groups excluding carboxylic acids is 1. The molecule has 1 saturated heterocycles. The molecule has 0 spiro atoms. The molecule has 0 bridgehead atoms. The van der Waals surface area contributed by atoms with E-state index in [0.29, 0.717) is 24.4 Å². The second kappa shape index (κ2) is 6.66. The van der Waals surface area contributed by atoms with Crippen LogP contribution in [0.5, 0.6) is 0 Å². The third kappa shape index (κ3) is 4.14. The average Bonchev–Trinajstić information content (AvgIpc) is 2.93. The molecule has 2 aliphatic rings. The summed E-state index contributed by atoms with van der Waals surface area (Å²) >= 11 is 4.83. The normalized spacial score (nSPS) is 26.4. The van der Waals surface area contributed by atoms with Gasteiger partial charge in [0.25, 0.3) is 0 Å². The topological polar surface area (TPSA) is 49.6 Å². The number of hydrogen-bond acceptors (Lipinski definition) is 3. The first kappa shape index (κ1) is 14.7. The molecule has 0 radical (unpaired) electrons. The minimum atomic E-state index is 0.202. The van der Waals surface area contributed by atoms with Crippen LogP contribution in [0, 0.1) is 11.8 Å². The van der Waals surface area contributed by atoms with Gasteiger partial charge in [-0.2, -0.15) is 0 Å². The predicted octanol–water partition coefficient (Wildman–Crippen LogP) is 1.24. The van der Waals surface area contributed by atoms with E-state index in [-0.39, 0.29) is 5.91 Å². The molecule has 0 aromatic carbocycles. The third-order valence-electron chi connectivity index (χ3n) is 4.56. The van der Waals surface area contributed by atoms with Crippen molar-refractivity contribution >= 4 is 23.1 Å². The van der Waals surface area contributed by atoms with Crippen molar-refractivity contribution in [2.24, 2.45) is 17.6 Å². The van der Waals surface area contributed by atoms with Crippen molar-refractivity contribution in [3.05, 3.63) is 0 Å². The number of amides is 1. The maximum absolute atomic E-state index is 12.0. The molecule has 1 heterocycles. The van der Waals surface area contributed by atoms with E-state index in [4.69, 9.17) is 18.0 Å². The monoisotopic (exact) mass is 283 g/mol. The Morgan fingerprint density at radius 3 is 2.53 bits per heavy atom. The summed E-state index contributed by atoms with van der Waals surface area (Å²) in [4.78, 5) is 16.7. The molecule has 2 unspecified atom stereocenters. The highest BCUT2D eigenvalue weighted by Crippen LogP contribution is 2.37. The molecule has 1 aliphatic heterocycles. The second-order valence-corrected chi connectivity index (χ2v) is 6.52. The molecule has 1 saturated carbocycles. The number of carbonyl (C=O) groups is 1. The van der Waals surface area contributed by atoms with Crippen LogP contribution in [0.3, 0.4) is 0 Å². The summed E-state index contributed by atoms with van der Waals surface area (Å²) in [7, 11) is 1.83. The maximum Gasteiger partial charge on any atom is 0.223 e. The number of likely N-dealkylation sites (tertiary alicyclic amines) is 1. The fourth-order valence-electron chi connectivity index (χ4n) is 3.36. The predicted molar refractivity (Wildman–Crippen MR) is 80.9 cm³/mol. The molecule has 5 heteroatoms. The van der Waals surface area contributed by atoms with Gasteiger partial charge in [-0.15, -0.1) is 0 Å².